The quantitative estimate of drug-likeness (QED) is 0.505. The van der Waals surface area contributed by atoms with Crippen LogP contribution < -0.4 is 10.6 Å². The zero-order chi connectivity index (χ0) is 21.7. The van der Waals surface area contributed by atoms with Crippen molar-refractivity contribution >= 4 is 33.4 Å². The van der Waals surface area contributed by atoms with Crippen LogP contribution in [0.4, 0.5) is 18.9 Å². The Morgan fingerprint density at radius 2 is 1.63 bits per heavy atom. The van der Waals surface area contributed by atoms with E-state index in [-0.39, 0.29) is 17.7 Å². The van der Waals surface area contributed by atoms with Crippen molar-refractivity contribution in [1.29, 1.82) is 0 Å². The van der Waals surface area contributed by atoms with Crippen molar-refractivity contribution in [3.8, 4) is 0 Å². The Balaban J connectivity index is 1.61. The average molecular weight is 481 g/mol. The molecule has 0 aliphatic rings. The van der Waals surface area contributed by atoms with Crippen molar-refractivity contribution in [1.82, 2.24) is 5.32 Å². The molecule has 1 unspecified atom stereocenters. The van der Waals surface area contributed by atoms with Gasteiger partial charge in [0.15, 0.2) is 16.5 Å². The highest BCUT2D eigenvalue weighted by Gasteiger charge is 2.41. The van der Waals surface area contributed by atoms with Gasteiger partial charge >= 0.3 is 6.18 Å². The molecule has 3 aromatic rings. The molecule has 30 heavy (non-hydrogen) atoms. The molecule has 5 nitrogen and oxygen atoms in total. The second-order valence-corrected chi connectivity index (χ2v) is 7.17. The SMILES string of the molecule is O=C(Cc1ccc(NC(=O)c2ccc(Br)o2)cc1)NC(c1ccccc1)C(F)(F)F. The Bertz CT molecular complexity index is 1020. The van der Waals surface area contributed by atoms with E-state index in [2.05, 4.69) is 21.2 Å². The van der Waals surface area contributed by atoms with Crippen molar-refractivity contribution in [2.24, 2.45) is 0 Å². The van der Waals surface area contributed by atoms with Crippen molar-refractivity contribution in [2.45, 2.75) is 18.6 Å². The van der Waals surface area contributed by atoms with E-state index in [0.717, 1.165) is 0 Å². The van der Waals surface area contributed by atoms with E-state index < -0.39 is 24.0 Å². The van der Waals surface area contributed by atoms with E-state index in [1.54, 1.807) is 36.4 Å². The summed E-state index contributed by atoms with van der Waals surface area (Å²) < 4.78 is 45.6. The zero-order valence-electron chi connectivity index (χ0n) is 15.4. The molecule has 0 fully saturated rings. The van der Waals surface area contributed by atoms with E-state index in [1.807, 2.05) is 5.32 Å². The predicted molar refractivity (Wildman–Crippen MR) is 108 cm³/mol. The number of hydrogen-bond acceptors (Lipinski definition) is 3. The predicted octanol–water partition coefficient (Wildman–Crippen LogP) is 5.26. The molecule has 0 saturated heterocycles. The van der Waals surface area contributed by atoms with Crippen LogP contribution in [-0.2, 0) is 11.2 Å². The van der Waals surface area contributed by atoms with E-state index in [0.29, 0.717) is 15.9 Å². The molecule has 1 heterocycles. The van der Waals surface area contributed by atoms with Crippen LogP contribution in [0.2, 0.25) is 0 Å². The molecule has 1 aromatic heterocycles. The standard InChI is InChI=1S/C21H16BrF3N2O3/c22-17-11-10-16(30-17)20(29)26-15-8-6-13(7-9-15)12-18(28)27-19(21(23,24)25)14-4-2-1-3-5-14/h1-11,19H,12H2,(H,26,29)(H,27,28). The summed E-state index contributed by atoms with van der Waals surface area (Å²) in [5.74, 6) is -1.11. The van der Waals surface area contributed by atoms with E-state index >= 15 is 0 Å². The molecule has 2 N–H and O–H groups in total. The summed E-state index contributed by atoms with van der Waals surface area (Å²) in [7, 11) is 0. The number of halogens is 4. The topological polar surface area (TPSA) is 71.3 Å². The molecule has 0 bridgehead atoms. The molecule has 0 aliphatic heterocycles. The fraction of sp³-hybridized carbons (Fsp3) is 0.143. The van der Waals surface area contributed by atoms with Gasteiger partial charge in [0.05, 0.1) is 6.42 Å². The summed E-state index contributed by atoms with van der Waals surface area (Å²) in [6.07, 6.45) is -4.86. The van der Waals surface area contributed by atoms with Crippen LogP contribution in [-0.4, -0.2) is 18.0 Å². The van der Waals surface area contributed by atoms with Gasteiger partial charge in [-0.1, -0.05) is 42.5 Å². The minimum Gasteiger partial charge on any atom is -0.444 e. The van der Waals surface area contributed by atoms with Gasteiger partial charge in [-0.25, -0.2) is 0 Å². The number of rotatable bonds is 6. The molecule has 0 spiro atoms. The zero-order valence-corrected chi connectivity index (χ0v) is 17.0. The first-order valence-corrected chi connectivity index (χ1v) is 9.58. The summed E-state index contributed by atoms with van der Waals surface area (Å²) in [6, 6.07) is 14.4. The van der Waals surface area contributed by atoms with Crippen molar-refractivity contribution in [3.63, 3.8) is 0 Å². The minimum atomic E-state index is -4.62. The highest BCUT2D eigenvalue weighted by Crippen LogP contribution is 2.32. The van der Waals surface area contributed by atoms with Crippen LogP contribution in [0.25, 0.3) is 0 Å². The Hall–Kier alpha value is -3.07. The van der Waals surface area contributed by atoms with Crippen LogP contribution >= 0.6 is 15.9 Å². The van der Waals surface area contributed by atoms with Gasteiger partial charge in [-0.3, -0.25) is 9.59 Å². The lowest BCUT2D eigenvalue weighted by Gasteiger charge is -2.22. The van der Waals surface area contributed by atoms with E-state index in [4.69, 9.17) is 4.42 Å². The molecule has 0 radical (unpaired) electrons. The van der Waals surface area contributed by atoms with Gasteiger partial charge in [-0.2, -0.15) is 13.2 Å². The van der Waals surface area contributed by atoms with Gasteiger partial charge in [-0.15, -0.1) is 0 Å². The van der Waals surface area contributed by atoms with Crippen LogP contribution in [0.3, 0.4) is 0 Å². The second kappa shape index (κ2) is 9.17. The van der Waals surface area contributed by atoms with Gasteiger partial charge in [-0.05, 0) is 51.3 Å². The molecule has 0 aliphatic carbocycles. The summed E-state index contributed by atoms with van der Waals surface area (Å²) >= 11 is 3.11. The summed E-state index contributed by atoms with van der Waals surface area (Å²) in [4.78, 5) is 24.2. The van der Waals surface area contributed by atoms with Crippen LogP contribution in [0.15, 0.2) is 75.8 Å². The Morgan fingerprint density at radius 1 is 0.967 bits per heavy atom. The van der Waals surface area contributed by atoms with Crippen molar-refractivity contribution in [2.75, 3.05) is 5.32 Å². The minimum absolute atomic E-state index is 0.0408. The number of nitrogens with one attached hydrogen (secondary N) is 2. The van der Waals surface area contributed by atoms with E-state index in [1.165, 1.54) is 30.3 Å². The maximum atomic E-state index is 13.4. The lowest BCUT2D eigenvalue weighted by Crippen LogP contribution is -2.38. The first-order valence-electron chi connectivity index (χ1n) is 8.79. The fourth-order valence-electron chi connectivity index (χ4n) is 2.73. The third-order valence-electron chi connectivity index (χ3n) is 4.14. The normalized spacial score (nSPS) is 12.3. The molecule has 2 amide bonds. The molecule has 2 aromatic carbocycles. The summed E-state index contributed by atoms with van der Waals surface area (Å²) in [5, 5.41) is 4.66. The fourth-order valence-corrected chi connectivity index (χ4v) is 3.04. The number of amides is 2. The third-order valence-corrected chi connectivity index (χ3v) is 4.57. The molecular formula is C21H16BrF3N2O3. The Morgan fingerprint density at radius 3 is 2.20 bits per heavy atom. The highest BCUT2D eigenvalue weighted by atomic mass is 79.9. The van der Waals surface area contributed by atoms with Gasteiger partial charge < -0.3 is 15.1 Å². The van der Waals surface area contributed by atoms with Crippen LogP contribution in [0.5, 0.6) is 0 Å². The Kier molecular flexibility index (Phi) is 6.61. The largest absolute Gasteiger partial charge is 0.444 e. The number of hydrogen-bond donors (Lipinski definition) is 2. The van der Waals surface area contributed by atoms with E-state index in [9.17, 15) is 22.8 Å². The molecule has 9 heteroatoms. The van der Waals surface area contributed by atoms with Crippen LogP contribution in [0.1, 0.15) is 27.7 Å². The first kappa shape index (κ1) is 21.6. The lowest BCUT2D eigenvalue weighted by molar-refractivity contribution is -0.163. The molecule has 156 valence electrons. The molecular weight excluding hydrogens is 465 g/mol. The number of carbonyl (C=O) groups excluding carboxylic acids is 2. The van der Waals surface area contributed by atoms with Gasteiger partial charge in [0.1, 0.15) is 0 Å². The molecule has 0 saturated carbocycles. The number of benzene rings is 2. The van der Waals surface area contributed by atoms with Crippen molar-refractivity contribution < 1.29 is 27.2 Å². The molecule has 1 atom stereocenters. The number of furan rings is 1. The average Bonchev–Trinajstić information content (AvgIpc) is 3.14. The smallest absolute Gasteiger partial charge is 0.412 e. The number of alkyl halides is 3. The third kappa shape index (κ3) is 5.73. The summed E-state index contributed by atoms with van der Waals surface area (Å²) in [6.45, 7) is 0. The number of anilines is 1. The maximum absolute atomic E-state index is 13.4. The summed E-state index contributed by atoms with van der Waals surface area (Å²) in [5.41, 5.74) is 0.912. The van der Waals surface area contributed by atoms with Gasteiger partial charge in [0.25, 0.3) is 5.91 Å². The highest BCUT2D eigenvalue weighted by molar-refractivity contribution is 9.10. The van der Waals surface area contributed by atoms with Gasteiger partial charge in [0, 0.05) is 5.69 Å². The van der Waals surface area contributed by atoms with Crippen molar-refractivity contribution in [3.05, 3.63) is 88.3 Å². The Labute approximate surface area is 178 Å². The first-order chi connectivity index (χ1) is 14.2. The molecule has 3 rings (SSSR count). The maximum Gasteiger partial charge on any atom is 0.412 e. The second-order valence-electron chi connectivity index (χ2n) is 6.38. The lowest BCUT2D eigenvalue weighted by atomic mass is 10.1. The van der Waals surface area contributed by atoms with Crippen LogP contribution in [0, 0.1) is 0 Å². The van der Waals surface area contributed by atoms with Gasteiger partial charge in [0.2, 0.25) is 5.91 Å². The monoisotopic (exact) mass is 480 g/mol. The number of carbonyl (C=O) groups is 2.